The normalized spacial score (nSPS) is 12.5. The highest BCUT2D eigenvalue weighted by Gasteiger charge is 2.16. The van der Waals surface area contributed by atoms with Gasteiger partial charge < -0.3 is 10.4 Å². The second kappa shape index (κ2) is 6.64. The molecule has 0 saturated heterocycles. The van der Waals surface area contributed by atoms with Crippen LogP contribution in [-0.4, -0.2) is 22.9 Å². The van der Waals surface area contributed by atoms with Crippen LogP contribution in [0.5, 0.6) is 5.75 Å². The van der Waals surface area contributed by atoms with Crippen LogP contribution in [0.15, 0.2) is 18.2 Å². The Labute approximate surface area is 113 Å². The number of benzene rings is 1. The Hall–Kier alpha value is -1.22. The number of amides is 1. The van der Waals surface area contributed by atoms with Gasteiger partial charge in [0.15, 0.2) is 0 Å². The zero-order valence-electron chi connectivity index (χ0n) is 11.0. The second-order valence-electron chi connectivity index (χ2n) is 4.97. The predicted molar refractivity (Wildman–Crippen MR) is 74.3 cm³/mol. The molecule has 0 spiro atoms. The molecule has 2 N–H and O–H groups in total. The molecule has 0 bridgehead atoms. The van der Waals surface area contributed by atoms with Gasteiger partial charge in [0, 0.05) is 11.9 Å². The van der Waals surface area contributed by atoms with E-state index in [4.69, 9.17) is 11.6 Å². The highest BCUT2D eigenvalue weighted by Crippen LogP contribution is 2.18. The smallest absolute Gasteiger partial charge is 0.255 e. The molecule has 0 fully saturated rings. The molecule has 4 heteroatoms. The molecule has 1 atom stereocenters. The summed E-state index contributed by atoms with van der Waals surface area (Å²) in [5.74, 6) is 0.557. The number of nitrogens with one attached hydrogen (secondary N) is 1. The molecule has 1 unspecified atom stereocenters. The largest absolute Gasteiger partial charge is 0.507 e. The first kappa shape index (κ1) is 14.8. The molecule has 1 amide bonds. The lowest BCUT2D eigenvalue weighted by molar-refractivity contribution is 0.0934. The van der Waals surface area contributed by atoms with Crippen molar-refractivity contribution in [2.24, 2.45) is 5.92 Å². The van der Waals surface area contributed by atoms with E-state index in [0.717, 1.165) is 12.0 Å². The van der Waals surface area contributed by atoms with Gasteiger partial charge in [0.25, 0.3) is 5.91 Å². The molecule has 0 aliphatic carbocycles. The monoisotopic (exact) mass is 269 g/mol. The maximum atomic E-state index is 12.0. The highest BCUT2D eigenvalue weighted by atomic mass is 35.5. The third-order valence-corrected chi connectivity index (χ3v) is 3.05. The van der Waals surface area contributed by atoms with Crippen LogP contribution in [0.2, 0.25) is 0 Å². The molecule has 1 aromatic carbocycles. The molecule has 1 aromatic rings. The van der Waals surface area contributed by atoms with E-state index in [2.05, 4.69) is 19.2 Å². The lowest BCUT2D eigenvalue weighted by Gasteiger charge is -2.18. The molecular formula is C14H20ClNO2. The summed E-state index contributed by atoms with van der Waals surface area (Å²) in [5, 5.41) is 12.6. The summed E-state index contributed by atoms with van der Waals surface area (Å²) in [6.45, 7) is 6.02. The van der Waals surface area contributed by atoms with Gasteiger partial charge in [0.05, 0.1) is 5.56 Å². The number of phenols is 1. The van der Waals surface area contributed by atoms with Crippen molar-refractivity contribution in [2.45, 2.75) is 33.2 Å². The lowest BCUT2D eigenvalue weighted by atomic mass is 10.0. The van der Waals surface area contributed by atoms with Crippen molar-refractivity contribution in [3.05, 3.63) is 29.3 Å². The topological polar surface area (TPSA) is 49.3 Å². The number of phenolic OH excluding ortho intramolecular Hbond substituents is 1. The Balaban J connectivity index is 2.74. The fourth-order valence-corrected chi connectivity index (χ4v) is 2.03. The van der Waals surface area contributed by atoms with Gasteiger partial charge in [-0.2, -0.15) is 0 Å². The average Bonchev–Trinajstić information content (AvgIpc) is 2.27. The molecule has 18 heavy (non-hydrogen) atoms. The molecule has 0 heterocycles. The van der Waals surface area contributed by atoms with Gasteiger partial charge in [0.1, 0.15) is 5.75 Å². The zero-order valence-corrected chi connectivity index (χ0v) is 11.8. The van der Waals surface area contributed by atoms with Crippen molar-refractivity contribution in [2.75, 3.05) is 5.88 Å². The fourth-order valence-electron chi connectivity index (χ4n) is 1.83. The van der Waals surface area contributed by atoms with E-state index in [9.17, 15) is 9.90 Å². The fraction of sp³-hybridized carbons (Fsp3) is 0.500. The van der Waals surface area contributed by atoms with Crippen LogP contribution in [0.1, 0.15) is 36.2 Å². The second-order valence-corrected chi connectivity index (χ2v) is 5.28. The van der Waals surface area contributed by atoms with Crippen LogP contribution in [0, 0.1) is 12.8 Å². The Bertz CT molecular complexity index is 418. The van der Waals surface area contributed by atoms with Gasteiger partial charge in [-0.1, -0.05) is 19.9 Å². The predicted octanol–water partition coefficient (Wildman–Crippen LogP) is 3.08. The van der Waals surface area contributed by atoms with Crippen LogP contribution < -0.4 is 5.32 Å². The van der Waals surface area contributed by atoms with Gasteiger partial charge in [-0.15, -0.1) is 11.6 Å². The van der Waals surface area contributed by atoms with Crippen molar-refractivity contribution in [3.8, 4) is 5.75 Å². The van der Waals surface area contributed by atoms with Gasteiger partial charge in [0.2, 0.25) is 0 Å². The van der Waals surface area contributed by atoms with E-state index in [1.54, 1.807) is 18.2 Å². The summed E-state index contributed by atoms with van der Waals surface area (Å²) in [4.78, 5) is 12.0. The van der Waals surface area contributed by atoms with Crippen LogP contribution in [0.3, 0.4) is 0 Å². The minimum Gasteiger partial charge on any atom is -0.507 e. The van der Waals surface area contributed by atoms with Crippen molar-refractivity contribution in [3.63, 3.8) is 0 Å². The summed E-state index contributed by atoms with van der Waals surface area (Å²) in [6, 6.07) is 4.93. The number of rotatable bonds is 5. The van der Waals surface area contributed by atoms with Crippen LogP contribution in [-0.2, 0) is 0 Å². The van der Waals surface area contributed by atoms with Gasteiger partial charge in [-0.25, -0.2) is 0 Å². The summed E-state index contributed by atoms with van der Waals surface area (Å²) >= 11 is 5.83. The number of carbonyl (C=O) groups excluding carboxylic acids is 1. The Morgan fingerprint density at radius 2 is 2.11 bits per heavy atom. The first-order valence-electron chi connectivity index (χ1n) is 6.10. The number of aromatic hydroxyl groups is 1. The van der Waals surface area contributed by atoms with Crippen LogP contribution >= 0.6 is 11.6 Å². The first-order valence-corrected chi connectivity index (χ1v) is 6.64. The maximum Gasteiger partial charge on any atom is 0.255 e. The number of halogens is 1. The molecule has 1 rings (SSSR count). The van der Waals surface area contributed by atoms with Crippen LogP contribution in [0.4, 0.5) is 0 Å². The van der Waals surface area contributed by atoms with Gasteiger partial charge in [-0.3, -0.25) is 4.79 Å². The van der Waals surface area contributed by atoms with Gasteiger partial charge >= 0.3 is 0 Å². The van der Waals surface area contributed by atoms with E-state index >= 15 is 0 Å². The van der Waals surface area contributed by atoms with Gasteiger partial charge in [-0.05, 0) is 37.0 Å². The summed E-state index contributed by atoms with van der Waals surface area (Å²) in [6.07, 6.45) is 0.821. The van der Waals surface area contributed by atoms with Crippen molar-refractivity contribution >= 4 is 17.5 Å². The standard InChI is InChI=1S/C14H20ClNO2/c1-9(2)6-11(8-15)16-14(18)12-5-4-10(3)7-13(12)17/h4-5,7,9,11,17H,6,8H2,1-3H3,(H,16,18). The van der Waals surface area contributed by atoms with E-state index in [0.29, 0.717) is 17.4 Å². The number of hydrogen-bond acceptors (Lipinski definition) is 2. The minimum atomic E-state index is -0.279. The van der Waals surface area contributed by atoms with E-state index in [-0.39, 0.29) is 17.7 Å². The maximum absolute atomic E-state index is 12.0. The Kier molecular flexibility index (Phi) is 5.48. The third-order valence-electron chi connectivity index (χ3n) is 2.68. The summed E-state index contributed by atoms with van der Waals surface area (Å²) in [5.41, 5.74) is 1.21. The minimum absolute atomic E-state index is 0.00497. The van der Waals surface area contributed by atoms with Crippen molar-refractivity contribution < 1.29 is 9.90 Å². The van der Waals surface area contributed by atoms with E-state index in [1.807, 2.05) is 6.92 Å². The summed E-state index contributed by atoms with van der Waals surface area (Å²) in [7, 11) is 0. The number of carbonyl (C=O) groups is 1. The van der Waals surface area contributed by atoms with Crippen LogP contribution in [0.25, 0.3) is 0 Å². The van der Waals surface area contributed by atoms with Crippen molar-refractivity contribution in [1.82, 2.24) is 5.32 Å². The van der Waals surface area contributed by atoms with Crippen molar-refractivity contribution in [1.29, 1.82) is 0 Å². The quantitative estimate of drug-likeness (QED) is 0.807. The number of hydrogen-bond donors (Lipinski definition) is 2. The molecule has 0 radical (unpaired) electrons. The summed E-state index contributed by atoms with van der Waals surface area (Å²) < 4.78 is 0. The zero-order chi connectivity index (χ0) is 13.7. The Morgan fingerprint density at radius 3 is 2.61 bits per heavy atom. The number of aryl methyl sites for hydroxylation is 1. The highest BCUT2D eigenvalue weighted by molar-refractivity contribution is 6.18. The van der Waals surface area contributed by atoms with E-state index in [1.165, 1.54) is 0 Å². The molecule has 0 aliphatic rings. The first-order chi connectivity index (χ1) is 8.43. The average molecular weight is 270 g/mol. The molecule has 0 aliphatic heterocycles. The SMILES string of the molecule is Cc1ccc(C(=O)NC(CCl)CC(C)C)c(O)c1. The van der Waals surface area contributed by atoms with E-state index < -0.39 is 0 Å². The molecule has 100 valence electrons. The third kappa shape index (κ3) is 4.22. The lowest BCUT2D eigenvalue weighted by Crippen LogP contribution is -2.37. The molecule has 0 saturated carbocycles. The molecule has 0 aromatic heterocycles. The molecule has 3 nitrogen and oxygen atoms in total. The molecular weight excluding hydrogens is 250 g/mol. The Morgan fingerprint density at radius 1 is 1.44 bits per heavy atom. The number of alkyl halides is 1.